The minimum Gasteiger partial charge on any atom is -0.480 e. The Labute approximate surface area is 181 Å². The van der Waals surface area contributed by atoms with E-state index in [4.69, 9.17) is 31.7 Å². The Morgan fingerprint density at radius 1 is 1.35 bits per heavy atom. The van der Waals surface area contributed by atoms with Gasteiger partial charge in [0.25, 0.3) is 0 Å². The van der Waals surface area contributed by atoms with E-state index in [2.05, 4.69) is 20.6 Å². The van der Waals surface area contributed by atoms with Crippen LogP contribution in [0.4, 0.5) is 5.82 Å². The number of carboxylic acid groups (broad SMARTS) is 1. The number of aromatic nitrogens is 1. The third-order valence-corrected chi connectivity index (χ3v) is 5.61. The molecule has 1 spiro atoms. The average molecular weight is 447 g/mol. The molecule has 1 aromatic heterocycles. The van der Waals surface area contributed by atoms with Gasteiger partial charge in [-0.25, -0.2) is 4.79 Å². The van der Waals surface area contributed by atoms with Gasteiger partial charge in [0.15, 0.2) is 18.2 Å². The Kier molecular flexibility index (Phi) is 5.59. The fourth-order valence-corrected chi connectivity index (χ4v) is 4.03. The van der Waals surface area contributed by atoms with Crippen LogP contribution in [0.2, 0.25) is 5.02 Å². The summed E-state index contributed by atoms with van der Waals surface area (Å²) in [5, 5.41) is 23.2. The predicted octanol–water partition coefficient (Wildman–Crippen LogP) is 2.24. The summed E-state index contributed by atoms with van der Waals surface area (Å²) >= 11 is 6.16. The summed E-state index contributed by atoms with van der Waals surface area (Å²) in [5.74, 6) is -0.827. The van der Waals surface area contributed by atoms with Gasteiger partial charge < -0.3 is 25.0 Å². The Hall–Kier alpha value is -3.47. The van der Waals surface area contributed by atoms with Gasteiger partial charge in [-0.1, -0.05) is 28.9 Å². The highest BCUT2D eigenvalue weighted by atomic mass is 35.5. The molecule has 12 heteroatoms. The Balaban J connectivity index is 1.41. The van der Waals surface area contributed by atoms with Crippen molar-refractivity contribution in [2.24, 2.45) is 21.2 Å². The molecular formula is C19H19ClN6O5. The van der Waals surface area contributed by atoms with E-state index in [0.717, 1.165) is 5.56 Å². The van der Waals surface area contributed by atoms with Crippen LogP contribution in [0, 0.1) is 0 Å². The number of fused-ring (bicyclic) bond motifs is 1. The van der Waals surface area contributed by atoms with Gasteiger partial charge in [0, 0.05) is 38.4 Å². The normalized spacial score (nSPS) is 18.3. The monoisotopic (exact) mass is 446 g/mol. The summed E-state index contributed by atoms with van der Waals surface area (Å²) in [6.45, 7) is 0.699. The molecule has 1 saturated heterocycles. The molecule has 0 aliphatic carbocycles. The lowest BCUT2D eigenvalue weighted by atomic mass is 9.81. The molecule has 3 heterocycles. The van der Waals surface area contributed by atoms with Crippen LogP contribution < -0.4 is 10.6 Å². The van der Waals surface area contributed by atoms with E-state index in [9.17, 15) is 9.59 Å². The number of piperidine rings is 1. The number of aliphatic carboxylic acids is 1. The smallest absolute Gasteiger partial charge is 0.340 e. The van der Waals surface area contributed by atoms with Gasteiger partial charge >= 0.3 is 11.9 Å². The summed E-state index contributed by atoms with van der Waals surface area (Å²) in [6.07, 6.45) is 1.87. The van der Waals surface area contributed by atoms with E-state index in [-0.39, 0.29) is 17.6 Å². The van der Waals surface area contributed by atoms with Gasteiger partial charge in [0.1, 0.15) is 5.60 Å². The number of hydrogen-bond donors (Lipinski definition) is 2. The number of carbonyl (C=O) groups is 2. The zero-order chi connectivity index (χ0) is 22.0. The molecule has 0 amide bonds. The third-order valence-electron chi connectivity index (χ3n) is 5.30. The SMILES string of the molecule is N/C(=N\N=NCC(=O)O)c1cc(N2CCC3(CC2)Cc2cccc(Cl)c2C(=O)O3)no1. The van der Waals surface area contributed by atoms with Crippen LogP contribution in [-0.4, -0.2) is 53.3 Å². The van der Waals surface area contributed by atoms with Gasteiger partial charge in [-0.3, -0.25) is 4.79 Å². The second-order valence-corrected chi connectivity index (χ2v) is 7.73. The van der Waals surface area contributed by atoms with Crippen LogP contribution in [0.1, 0.15) is 34.5 Å². The van der Waals surface area contributed by atoms with Gasteiger partial charge in [-0.2, -0.15) is 5.11 Å². The summed E-state index contributed by atoms with van der Waals surface area (Å²) in [5.41, 5.74) is 6.56. The summed E-state index contributed by atoms with van der Waals surface area (Å²) in [6, 6.07) is 7.06. The molecule has 2 aromatic rings. The van der Waals surface area contributed by atoms with Crippen molar-refractivity contribution in [3.63, 3.8) is 0 Å². The van der Waals surface area contributed by atoms with E-state index < -0.39 is 18.1 Å². The van der Waals surface area contributed by atoms with E-state index in [1.165, 1.54) is 0 Å². The Bertz CT molecular complexity index is 1070. The van der Waals surface area contributed by atoms with Crippen molar-refractivity contribution in [1.29, 1.82) is 0 Å². The lowest BCUT2D eigenvalue weighted by Gasteiger charge is -2.43. The first-order valence-electron chi connectivity index (χ1n) is 9.51. The maximum absolute atomic E-state index is 12.5. The lowest BCUT2D eigenvalue weighted by molar-refractivity contribution is -0.135. The first-order valence-corrected chi connectivity index (χ1v) is 9.89. The quantitative estimate of drug-likeness (QED) is 0.233. The summed E-state index contributed by atoms with van der Waals surface area (Å²) < 4.78 is 11.0. The number of carbonyl (C=O) groups excluding carboxylic acids is 1. The molecule has 2 aliphatic rings. The fourth-order valence-electron chi connectivity index (χ4n) is 3.75. The third kappa shape index (κ3) is 4.36. The Morgan fingerprint density at radius 2 is 2.13 bits per heavy atom. The molecule has 0 radical (unpaired) electrons. The second-order valence-electron chi connectivity index (χ2n) is 7.33. The molecule has 4 rings (SSSR count). The van der Waals surface area contributed by atoms with Crippen LogP contribution >= 0.6 is 11.6 Å². The van der Waals surface area contributed by atoms with Crippen LogP contribution in [0.5, 0.6) is 0 Å². The van der Waals surface area contributed by atoms with Crippen molar-refractivity contribution in [2.75, 3.05) is 24.5 Å². The highest BCUT2D eigenvalue weighted by molar-refractivity contribution is 6.33. The molecule has 2 aliphatic heterocycles. The largest absolute Gasteiger partial charge is 0.480 e. The number of carboxylic acids is 1. The van der Waals surface area contributed by atoms with E-state index in [1.807, 2.05) is 17.0 Å². The number of anilines is 1. The molecule has 11 nitrogen and oxygen atoms in total. The maximum atomic E-state index is 12.5. The van der Waals surface area contributed by atoms with Gasteiger partial charge in [0.2, 0.25) is 5.76 Å². The van der Waals surface area contributed by atoms with Crippen LogP contribution in [0.25, 0.3) is 0 Å². The van der Waals surface area contributed by atoms with Gasteiger partial charge in [-0.15, -0.1) is 5.10 Å². The molecular weight excluding hydrogens is 428 g/mol. The number of nitrogens with zero attached hydrogens (tertiary/aromatic N) is 5. The lowest BCUT2D eigenvalue weighted by Crippen LogP contribution is -2.50. The summed E-state index contributed by atoms with van der Waals surface area (Å²) in [4.78, 5) is 24.9. The number of benzene rings is 1. The first-order chi connectivity index (χ1) is 14.9. The van der Waals surface area contributed by atoms with Gasteiger partial charge in [-0.05, 0) is 16.9 Å². The molecule has 3 N–H and O–H groups in total. The van der Waals surface area contributed by atoms with Crippen molar-refractivity contribution < 1.29 is 24.0 Å². The zero-order valence-electron chi connectivity index (χ0n) is 16.3. The molecule has 1 aromatic carbocycles. The second kappa shape index (κ2) is 8.34. The number of nitrogens with two attached hydrogens (primary N) is 1. The average Bonchev–Trinajstić information content (AvgIpc) is 3.21. The molecule has 1 fully saturated rings. The molecule has 0 bridgehead atoms. The molecule has 31 heavy (non-hydrogen) atoms. The highest BCUT2D eigenvalue weighted by Crippen LogP contribution is 2.39. The van der Waals surface area contributed by atoms with Crippen molar-refractivity contribution >= 4 is 35.2 Å². The standard InChI is InChI=1S/C19H19ClN6O5/c20-12-3-1-2-11-9-19(30-18(29)16(11)12)4-6-26(7-5-19)14-8-13(31-24-14)17(21)23-25-22-10-15(27)28/h1-3,8H,4-7,9-10H2,(H,27,28)(H2,21,22,23). The van der Waals surface area contributed by atoms with Crippen molar-refractivity contribution in [2.45, 2.75) is 24.9 Å². The predicted molar refractivity (Wildman–Crippen MR) is 109 cm³/mol. The van der Waals surface area contributed by atoms with Crippen LogP contribution in [0.15, 0.2) is 44.2 Å². The molecule has 162 valence electrons. The van der Waals surface area contributed by atoms with E-state index >= 15 is 0 Å². The van der Waals surface area contributed by atoms with Crippen molar-refractivity contribution in [3.05, 3.63) is 46.2 Å². The maximum Gasteiger partial charge on any atom is 0.340 e. The van der Waals surface area contributed by atoms with E-state index in [0.29, 0.717) is 48.8 Å². The first kappa shape index (κ1) is 20.8. The number of esters is 1. The fraction of sp³-hybridized carbons (Fsp3) is 0.368. The van der Waals surface area contributed by atoms with Crippen molar-refractivity contribution in [3.8, 4) is 0 Å². The summed E-state index contributed by atoms with van der Waals surface area (Å²) in [7, 11) is 0. The molecule has 0 saturated carbocycles. The number of rotatable bonds is 5. The number of amidine groups is 1. The Morgan fingerprint density at radius 3 is 2.87 bits per heavy atom. The number of ether oxygens (including phenoxy) is 1. The number of halogens is 1. The minimum atomic E-state index is -1.13. The van der Waals surface area contributed by atoms with Crippen LogP contribution in [0.3, 0.4) is 0 Å². The highest BCUT2D eigenvalue weighted by Gasteiger charge is 2.43. The van der Waals surface area contributed by atoms with Crippen LogP contribution in [-0.2, 0) is 16.0 Å². The zero-order valence-corrected chi connectivity index (χ0v) is 17.1. The van der Waals surface area contributed by atoms with Gasteiger partial charge in [0.05, 0.1) is 10.6 Å². The molecule has 0 atom stereocenters. The van der Waals surface area contributed by atoms with Crippen molar-refractivity contribution in [1.82, 2.24) is 5.16 Å². The molecule has 0 unspecified atom stereocenters. The number of hydrogen-bond acceptors (Lipinski definition) is 8. The minimum absolute atomic E-state index is 0.0731. The van der Waals surface area contributed by atoms with E-state index in [1.54, 1.807) is 12.1 Å². The topological polar surface area (TPSA) is 156 Å².